The molecule has 2 N–H and O–H groups in total. The lowest BCUT2D eigenvalue weighted by molar-refractivity contribution is -0.152. The molecule has 1 aliphatic heterocycles. The Hall–Kier alpha value is -3.01. The number of ether oxygens (including phenoxy) is 2. The van der Waals surface area contributed by atoms with Gasteiger partial charge in [-0.15, -0.1) is 0 Å². The van der Waals surface area contributed by atoms with Crippen LogP contribution in [0.3, 0.4) is 0 Å². The van der Waals surface area contributed by atoms with E-state index in [0.29, 0.717) is 18.0 Å². The molecule has 206 valence electrons. The number of nitrogens with zero attached hydrogens (tertiary/aromatic N) is 3. The van der Waals surface area contributed by atoms with E-state index in [-0.39, 0.29) is 17.7 Å². The van der Waals surface area contributed by atoms with Gasteiger partial charge in [0.15, 0.2) is 0 Å². The highest BCUT2D eigenvalue weighted by Gasteiger charge is 2.28. The average Bonchev–Trinajstić information content (AvgIpc) is 3.25. The van der Waals surface area contributed by atoms with Gasteiger partial charge in [0.2, 0.25) is 0 Å². The zero-order chi connectivity index (χ0) is 27.6. The molecule has 1 saturated heterocycles. The van der Waals surface area contributed by atoms with E-state index in [0.717, 1.165) is 54.0 Å². The predicted octanol–water partition coefficient (Wildman–Crippen LogP) is 3.49. The monoisotopic (exact) mass is 524 g/mol. The average molecular weight is 525 g/mol. The Labute approximate surface area is 223 Å². The van der Waals surface area contributed by atoms with Gasteiger partial charge in [0.05, 0.1) is 23.2 Å². The molecule has 3 atom stereocenters. The molecule has 3 heterocycles. The van der Waals surface area contributed by atoms with Crippen molar-refractivity contribution in [1.82, 2.24) is 19.4 Å². The van der Waals surface area contributed by atoms with Crippen molar-refractivity contribution in [3.8, 4) is 11.4 Å². The lowest BCUT2D eigenvalue weighted by atomic mass is 9.92. The van der Waals surface area contributed by atoms with Gasteiger partial charge in [-0.3, -0.25) is 14.9 Å². The first kappa shape index (κ1) is 28.0. The van der Waals surface area contributed by atoms with Gasteiger partial charge in [0.1, 0.15) is 11.9 Å². The lowest BCUT2D eigenvalue weighted by Crippen LogP contribution is -2.46. The number of benzene rings is 1. The number of imidazole rings is 1. The van der Waals surface area contributed by atoms with Crippen molar-refractivity contribution in [2.24, 2.45) is 13.0 Å². The number of aryl methyl sites for hydroxylation is 2. The Morgan fingerprint density at radius 3 is 2.55 bits per heavy atom. The highest BCUT2D eigenvalue weighted by atomic mass is 16.5. The van der Waals surface area contributed by atoms with Gasteiger partial charge in [0.25, 0.3) is 5.56 Å². The quantitative estimate of drug-likeness (QED) is 0.413. The number of hydrogen-bond donors (Lipinski definition) is 2. The molecule has 0 radical (unpaired) electrons. The Bertz CT molecular complexity index is 1310. The molecule has 1 aliphatic rings. The SMILES string of the molecule is Cc1cc(-c2nc3cc(CN[C@H](C(=O)OC(C)C)[C@@H](C)O)ccc3n2C(C)C2CCOCC2)cn(C)c1=O. The second-order valence-corrected chi connectivity index (χ2v) is 10.7. The van der Waals surface area contributed by atoms with Crippen LogP contribution in [0.25, 0.3) is 22.4 Å². The van der Waals surface area contributed by atoms with Crippen LogP contribution in [-0.4, -0.2) is 56.7 Å². The number of esters is 1. The van der Waals surface area contributed by atoms with Crippen LogP contribution in [0.5, 0.6) is 0 Å². The molecule has 1 fully saturated rings. The third-order valence-corrected chi connectivity index (χ3v) is 7.34. The van der Waals surface area contributed by atoms with Gasteiger partial charge < -0.3 is 23.7 Å². The summed E-state index contributed by atoms with van der Waals surface area (Å²) >= 11 is 0. The van der Waals surface area contributed by atoms with E-state index in [1.165, 1.54) is 0 Å². The summed E-state index contributed by atoms with van der Waals surface area (Å²) in [5, 5.41) is 13.3. The first-order valence-electron chi connectivity index (χ1n) is 13.4. The van der Waals surface area contributed by atoms with Crippen molar-refractivity contribution in [1.29, 1.82) is 0 Å². The molecule has 1 aromatic carbocycles. The maximum Gasteiger partial charge on any atom is 0.326 e. The third-order valence-electron chi connectivity index (χ3n) is 7.34. The highest BCUT2D eigenvalue weighted by Crippen LogP contribution is 2.35. The molecule has 0 saturated carbocycles. The zero-order valence-electron chi connectivity index (χ0n) is 23.2. The summed E-state index contributed by atoms with van der Waals surface area (Å²) in [5.74, 6) is 0.803. The van der Waals surface area contributed by atoms with Crippen molar-refractivity contribution in [3.05, 3.63) is 51.9 Å². The topological polar surface area (TPSA) is 108 Å². The van der Waals surface area contributed by atoms with Crippen molar-refractivity contribution in [2.75, 3.05) is 13.2 Å². The first-order valence-corrected chi connectivity index (χ1v) is 13.4. The summed E-state index contributed by atoms with van der Waals surface area (Å²) in [6, 6.07) is 7.37. The Morgan fingerprint density at radius 1 is 1.21 bits per heavy atom. The molecule has 2 aromatic heterocycles. The van der Waals surface area contributed by atoms with E-state index in [4.69, 9.17) is 14.5 Å². The smallest absolute Gasteiger partial charge is 0.326 e. The summed E-state index contributed by atoms with van der Waals surface area (Å²) in [4.78, 5) is 29.9. The number of aliphatic hydroxyl groups is 1. The van der Waals surface area contributed by atoms with Crippen LogP contribution < -0.4 is 10.9 Å². The van der Waals surface area contributed by atoms with Crippen LogP contribution in [0, 0.1) is 12.8 Å². The van der Waals surface area contributed by atoms with Crippen molar-refractivity contribution in [2.45, 2.75) is 78.3 Å². The molecule has 0 amide bonds. The fourth-order valence-corrected chi connectivity index (χ4v) is 5.26. The molecule has 0 spiro atoms. The maximum absolute atomic E-state index is 12.4. The van der Waals surface area contributed by atoms with Crippen molar-refractivity contribution >= 4 is 17.0 Å². The van der Waals surface area contributed by atoms with Gasteiger partial charge in [-0.2, -0.15) is 0 Å². The van der Waals surface area contributed by atoms with E-state index >= 15 is 0 Å². The van der Waals surface area contributed by atoms with E-state index in [2.05, 4.69) is 22.9 Å². The third kappa shape index (κ3) is 6.00. The number of carbonyl (C=O) groups excluding carboxylic acids is 1. The molecule has 3 aromatic rings. The van der Waals surface area contributed by atoms with Gasteiger partial charge in [-0.1, -0.05) is 6.07 Å². The molecular formula is C29H40N4O5. The molecule has 9 nitrogen and oxygen atoms in total. The van der Waals surface area contributed by atoms with Crippen LogP contribution in [0.15, 0.2) is 35.3 Å². The molecule has 9 heteroatoms. The van der Waals surface area contributed by atoms with Gasteiger partial charge >= 0.3 is 5.97 Å². The summed E-state index contributed by atoms with van der Waals surface area (Å²) in [6.45, 7) is 11.1. The summed E-state index contributed by atoms with van der Waals surface area (Å²) < 4.78 is 14.8. The molecular weight excluding hydrogens is 484 g/mol. The lowest BCUT2D eigenvalue weighted by Gasteiger charge is -2.30. The Balaban J connectivity index is 1.71. The highest BCUT2D eigenvalue weighted by molar-refractivity contribution is 5.82. The van der Waals surface area contributed by atoms with Gasteiger partial charge in [0, 0.05) is 50.2 Å². The predicted molar refractivity (Wildman–Crippen MR) is 147 cm³/mol. The molecule has 0 aliphatic carbocycles. The largest absolute Gasteiger partial charge is 0.462 e. The van der Waals surface area contributed by atoms with Crippen LogP contribution in [-0.2, 0) is 27.9 Å². The fourth-order valence-electron chi connectivity index (χ4n) is 5.26. The number of nitrogens with one attached hydrogen (secondary N) is 1. The zero-order valence-corrected chi connectivity index (χ0v) is 23.2. The summed E-state index contributed by atoms with van der Waals surface area (Å²) in [7, 11) is 1.76. The van der Waals surface area contributed by atoms with Crippen LogP contribution >= 0.6 is 0 Å². The second kappa shape index (κ2) is 11.8. The van der Waals surface area contributed by atoms with Crippen molar-refractivity contribution in [3.63, 3.8) is 0 Å². The number of hydrogen-bond acceptors (Lipinski definition) is 7. The molecule has 0 bridgehead atoms. The molecule has 38 heavy (non-hydrogen) atoms. The van der Waals surface area contributed by atoms with E-state index < -0.39 is 18.1 Å². The number of aliphatic hydroxyl groups excluding tert-OH is 1. The molecule has 4 rings (SSSR count). The maximum atomic E-state index is 12.4. The number of fused-ring (bicyclic) bond motifs is 1. The first-order chi connectivity index (χ1) is 18.1. The normalized spacial score (nSPS) is 17.1. The number of aromatic nitrogens is 3. The fraction of sp³-hybridized carbons (Fsp3) is 0.552. The van der Waals surface area contributed by atoms with Gasteiger partial charge in [-0.05, 0) is 77.1 Å². The van der Waals surface area contributed by atoms with Crippen molar-refractivity contribution < 1.29 is 19.4 Å². The molecule has 1 unspecified atom stereocenters. The second-order valence-electron chi connectivity index (χ2n) is 10.7. The van der Waals surface area contributed by atoms with Crippen LogP contribution in [0.1, 0.15) is 57.7 Å². The summed E-state index contributed by atoms with van der Waals surface area (Å²) in [5.41, 5.74) is 4.33. The summed E-state index contributed by atoms with van der Waals surface area (Å²) in [6.07, 6.45) is 2.66. The minimum atomic E-state index is -0.899. The van der Waals surface area contributed by atoms with Crippen LogP contribution in [0.2, 0.25) is 0 Å². The Morgan fingerprint density at radius 2 is 1.92 bits per heavy atom. The number of pyridine rings is 1. The standard InChI is InChI=1S/C29H40N4O5/c1-17(2)38-29(36)26(20(5)34)30-15-21-7-8-25-24(14-21)31-27(23-13-18(3)28(35)32(6)16-23)33(25)19(4)22-9-11-37-12-10-22/h7-8,13-14,16-17,19-20,22,26,30,34H,9-12,15H2,1-6H3/t19?,20-,26+/m1/s1. The number of rotatable bonds is 9. The minimum absolute atomic E-state index is 0.0223. The van der Waals surface area contributed by atoms with Gasteiger partial charge in [-0.25, -0.2) is 4.98 Å². The Kier molecular flexibility index (Phi) is 8.70. The number of carbonyl (C=O) groups is 1. The minimum Gasteiger partial charge on any atom is -0.462 e. The van der Waals surface area contributed by atoms with E-state index in [1.54, 1.807) is 32.4 Å². The van der Waals surface area contributed by atoms with Crippen LogP contribution in [0.4, 0.5) is 0 Å². The van der Waals surface area contributed by atoms with E-state index in [9.17, 15) is 14.7 Å². The van der Waals surface area contributed by atoms with E-state index in [1.807, 2.05) is 31.3 Å².